The number of aryl methyl sites for hydroxylation is 1. The third kappa shape index (κ3) is 4.88. The largest absolute Gasteiger partial charge is 0.493 e. The number of carbonyl (C=O) groups is 1. The molecular formula is C19H21ClO2. The van der Waals surface area contributed by atoms with Crippen molar-refractivity contribution in [2.24, 2.45) is 0 Å². The van der Waals surface area contributed by atoms with Gasteiger partial charge in [-0.3, -0.25) is 4.79 Å². The second-order valence-corrected chi connectivity index (χ2v) is 5.66. The average Bonchev–Trinajstić information content (AvgIpc) is 2.55. The molecule has 0 fully saturated rings. The van der Waals surface area contributed by atoms with Crippen molar-refractivity contribution in [1.82, 2.24) is 0 Å². The standard InChI is InChI=1S/C19H21ClO2/c1-15-14-17(18(21)8-5-12-20)9-10-19(15)22-13-11-16-6-3-2-4-7-16/h2-4,6-7,9-10,14H,5,8,11-13H2,1H3. The van der Waals surface area contributed by atoms with Crippen LogP contribution in [0, 0.1) is 6.92 Å². The molecule has 0 bridgehead atoms. The molecule has 0 aliphatic rings. The summed E-state index contributed by atoms with van der Waals surface area (Å²) in [5.74, 6) is 1.50. The normalized spacial score (nSPS) is 10.5. The minimum Gasteiger partial charge on any atom is -0.493 e. The van der Waals surface area contributed by atoms with E-state index in [0.29, 0.717) is 18.9 Å². The highest BCUT2D eigenvalue weighted by Crippen LogP contribution is 2.20. The summed E-state index contributed by atoms with van der Waals surface area (Å²) in [7, 11) is 0. The van der Waals surface area contributed by atoms with Crippen molar-refractivity contribution in [1.29, 1.82) is 0 Å². The van der Waals surface area contributed by atoms with Crippen LogP contribution >= 0.6 is 11.6 Å². The minimum absolute atomic E-state index is 0.139. The van der Waals surface area contributed by atoms with Crippen molar-refractivity contribution in [2.45, 2.75) is 26.2 Å². The zero-order chi connectivity index (χ0) is 15.8. The molecule has 0 aliphatic carbocycles. The van der Waals surface area contributed by atoms with Gasteiger partial charge in [-0.15, -0.1) is 11.6 Å². The van der Waals surface area contributed by atoms with Gasteiger partial charge in [0.2, 0.25) is 0 Å². The summed E-state index contributed by atoms with van der Waals surface area (Å²) < 4.78 is 5.82. The highest BCUT2D eigenvalue weighted by molar-refractivity contribution is 6.18. The Morgan fingerprint density at radius 3 is 2.59 bits per heavy atom. The predicted octanol–water partition coefficient (Wildman–Crippen LogP) is 4.82. The molecule has 0 aromatic heterocycles. The van der Waals surface area contributed by atoms with Crippen LogP contribution in [0.4, 0.5) is 0 Å². The summed E-state index contributed by atoms with van der Waals surface area (Å²) in [4.78, 5) is 12.0. The fourth-order valence-electron chi connectivity index (χ4n) is 2.28. The molecule has 0 saturated heterocycles. The van der Waals surface area contributed by atoms with E-state index in [2.05, 4.69) is 12.1 Å². The van der Waals surface area contributed by atoms with Crippen LogP contribution in [0.3, 0.4) is 0 Å². The van der Waals surface area contributed by atoms with Gasteiger partial charge in [-0.05, 0) is 42.7 Å². The SMILES string of the molecule is Cc1cc(C(=O)CCCCl)ccc1OCCc1ccccc1. The quantitative estimate of drug-likeness (QED) is 0.515. The fourth-order valence-corrected chi connectivity index (χ4v) is 2.41. The maximum atomic E-state index is 12.0. The van der Waals surface area contributed by atoms with Gasteiger partial charge in [-0.25, -0.2) is 0 Å². The molecule has 0 saturated carbocycles. The molecule has 2 nitrogen and oxygen atoms in total. The van der Waals surface area contributed by atoms with E-state index in [0.717, 1.165) is 29.7 Å². The Morgan fingerprint density at radius 1 is 1.14 bits per heavy atom. The van der Waals surface area contributed by atoms with Gasteiger partial charge in [0.15, 0.2) is 5.78 Å². The highest BCUT2D eigenvalue weighted by atomic mass is 35.5. The first-order valence-electron chi connectivity index (χ1n) is 7.57. The maximum Gasteiger partial charge on any atom is 0.162 e. The lowest BCUT2D eigenvalue weighted by atomic mass is 10.0. The molecule has 2 aromatic carbocycles. The molecule has 22 heavy (non-hydrogen) atoms. The molecule has 2 rings (SSSR count). The Morgan fingerprint density at radius 2 is 1.91 bits per heavy atom. The Kier molecular flexibility index (Phi) is 6.47. The van der Waals surface area contributed by atoms with Gasteiger partial charge in [-0.1, -0.05) is 30.3 Å². The lowest BCUT2D eigenvalue weighted by Gasteiger charge is -2.10. The van der Waals surface area contributed by atoms with Gasteiger partial charge in [-0.2, -0.15) is 0 Å². The van der Waals surface area contributed by atoms with E-state index in [1.807, 2.05) is 43.3 Å². The van der Waals surface area contributed by atoms with Crippen molar-refractivity contribution < 1.29 is 9.53 Å². The van der Waals surface area contributed by atoms with Gasteiger partial charge >= 0.3 is 0 Å². The summed E-state index contributed by atoms with van der Waals surface area (Å²) in [5.41, 5.74) is 2.98. The zero-order valence-electron chi connectivity index (χ0n) is 12.8. The van der Waals surface area contributed by atoms with Crippen LogP contribution in [0.5, 0.6) is 5.75 Å². The monoisotopic (exact) mass is 316 g/mol. The molecule has 0 aliphatic heterocycles. The van der Waals surface area contributed by atoms with E-state index in [-0.39, 0.29) is 5.78 Å². The molecule has 0 atom stereocenters. The average molecular weight is 317 g/mol. The van der Waals surface area contributed by atoms with E-state index >= 15 is 0 Å². The molecule has 2 aromatic rings. The molecule has 0 unspecified atom stereocenters. The van der Waals surface area contributed by atoms with Crippen molar-refractivity contribution in [3.8, 4) is 5.75 Å². The lowest BCUT2D eigenvalue weighted by molar-refractivity contribution is 0.0982. The fraction of sp³-hybridized carbons (Fsp3) is 0.316. The number of ketones is 1. The maximum absolute atomic E-state index is 12.0. The summed E-state index contributed by atoms with van der Waals surface area (Å²) in [5, 5.41) is 0. The number of halogens is 1. The van der Waals surface area contributed by atoms with Gasteiger partial charge < -0.3 is 4.74 Å². The minimum atomic E-state index is 0.139. The highest BCUT2D eigenvalue weighted by Gasteiger charge is 2.08. The molecular weight excluding hydrogens is 296 g/mol. The molecule has 0 heterocycles. The van der Waals surface area contributed by atoms with Crippen LogP contribution in [0.1, 0.15) is 34.3 Å². The third-order valence-electron chi connectivity index (χ3n) is 3.53. The van der Waals surface area contributed by atoms with Crippen molar-refractivity contribution >= 4 is 17.4 Å². The number of carbonyl (C=O) groups excluding carboxylic acids is 1. The van der Waals surface area contributed by atoms with Gasteiger partial charge in [0.25, 0.3) is 0 Å². The van der Waals surface area contributed by atoms with Crippen molar-refractivity contribution in [3.63, 3.8) is 0 Å². The first kappa shape index (κ1) is 16.6. The smallest absolute Gasteiger partial charge is 0.162 e. The molecule has 0 radical (unpaired) electrons. The molecule has 0 spiro atoms. The number of hydrogen-bond acceptors (Lipinski definition) is 2. The number of alkyl halides is 1. The van der Waals surface area contributed by atoms with Gasteiger partial charge in [0, 0.05) is 24.3 Å². The third-order valence-corrected chi connectivity index (χ3v) is 3.79. The van der Waals surface area contributed by atoms with Crippen LogP contribution in [-0.2, 0) is 6.42 Å². The Hall–Kier alpha value is -1.80. The second kappa shape index (κ2) is 8.60. The van der Waals surface area contributed by atoms with Crippen LogP contribution in [0.2, 0.25) is 0 Å². The first-order valence-corrected chi connectivity index (χ1v) is 8.10. The summed E-state index contributed by atoms with van der Waals surface area (Å²) in [6.45, 7) is 2.60. The van der Waals surface area contributed by atoms with E-state index in [9.17, 15) is 4.79 Å². The van der Waals surface area contributed by atoms with Gasteiger partial charge in [0.1, 0.15) is 5.75 Å². The number of Topliss-reactive ketones (excluding diaryl/α,β-unsaturated/α-hetero) is 1. The molecule has 0 amide bonds. The van der Waals surface area contributed by atoms with E-state index in [1.165, 1.54) is 5.56 Å². The van der Waals surface area contributed by atoms with Crippen LogP contribution in [-0.4, -0.2) is 18.3 Å². The van der Waals surface area contributed by atoms with Crippen molar-refractivity contribution in [2.75, 3.05) is 12.5 Å². The summed E-state index contributed by atoms with van der Waals surface area (Å²) >= 11 is 5.63. The van der Waals surface area contributed by atoms with E-state index < -0.39 is 0 Å². The Bertz CT molecular complexity index is 608. The van der Waals surface area contributed by atoms with E-state index in [1.54, 1.807) is 0 Å². The van der Waals surface area contributed by atoms with Crippen LogP contribution < -0.4 is 4.74 Å². The van der Waals surface area contributed by atoms with Crippen LogP contribution in [0.25, 0.3) is 0 Å². The Labute approximate surface area is 137 Å². The second-order valence-electron chi connectivity index (χ2n) is 5.28. The van der Waals surface area contributed by atoms with Crippen LogP contribution in [0.15, 0.2) is 48.5 Å². The number of hydrogen-bond donors (Lipinski definition) is 0. The summed E-state index contributed by atoms with van der Waals surface area (Å²) in [6.07, 6.45) is 2.09. The number of rotatable bonds is 8. The molecule has 0 N–H and O–H groups in total. The topological polar surface area (TPSA) is 26.3 Å². The number of benzene rings is 2. The molecule has 3 heteroatoms. The summed E-state index contributed by atoms with van der Waals surface area (Å²) in [6, 6.07) is 15.9. The van der Waals surface area contributed by atoms with E-state index in [4.69, 9.17) is 16.3 Å². The lowest BCUT2D eigenvalue weighted by Crippen LogP contribution is -2.04. The molecule has 116 valence electrons. The Balaban J connectivity index is 1.91. The zero-order valence-corrected chi connectivity index (χ0v) is 13.6. The number of ether oxygens (including phenoxy) is 1. The van der Waals surface area contributed by atoms with Crippen molar-refractivity contribution in [3.05, 3.63) is 65.2 Å². The first-order chi connectivity index (χ1) is 10.7. The van der Waals surface area contributed by atoms with Gasteiger partial charge in [0.05, 0.1) is 6.61 Å². The predicted molar refractivity (Wildman–Crippen MR) is 91.1 cm³/mol.